The fourth-order valence-electron chi connectivity index (χ4n) is 1.30. The summed E-state index contributed by atoms with van der Waals surface area (Å²) < 4.78 is 36.4. The zero-order chi connectivity index (χ0) is 12.9. The van der Waals surface area contributed by atoms with E-state index in [4.69, 9.17) is 11.6 Å². The van der Waals surface area contributed by atoms with Gasteiger partial charge in [0.05, 0.1) is 5.02 Å². The van der Waals surface area contributed by atoms with Crippen LogP contribution in [0.5, 0.6) is 0 Å². The molecule has 0 spiro atoms. The number of rotatable bonds is 5. The molecule has 0 atom stereocenters. The van der Waals surface area contributed by atoms with Crippen LogP contribution in [0.2, 0.25) is 5.02 Å². The minimum absolute atomic E-state index is 0.0910. The minimum Gasteiger partial charge on any atom is -0.313 e. The Morgan fingerprint density at radius 3 is 2.59 bits per heavy atom. The molecular formula is C11H12BrClF3N. The summed E-state index contributed by atoms with van der Waals surface area (Å²) in [7, 11) is 0. The summed E-state index contributed by atoms with van der Waals surface area (Å²) in [6.07, 6.45) is -4.72. The summed E-state index contributed by atoms with van der Waals surface area (Å²) in [6, 6.07) is 5.46. The zero-order valence-electron chi connectivity index (χ0n) is 8.95. The third-order valence-corrected chi connectivity index (χ3v) is 3.36. The lowest BCUT2D eigenvalue weighted by Crippen LogP contribution is -2.17. The molecule has 0 radical (unpaired) electrons. The van der Waals surface area contributed by atoms with Gasteiger partial charge in [-0.2, -0.15) is 13.2 Å². The molecule has 1 aromatic rings. The molecule has 1 rings (SSSR count). The molecule has 1 aromatic carbocycles. The fourth-order valence-corrected chi connectivity index (χ4v) is 1.75. The van der Waals surface area contributed by atoms with Gasteiger partial charge in [-0.3, -0.25) is 0 Å². The van der Waals surface area contributed by atoms with Gasteiger partial charge in [-0.15, -0.1) is 0 Å². The Hall–Kier alpha value is -0.260. The quantitative estimate of drug-likeness (QED) is 0.782. The highest BCUT2D eigenvalue weighted by molar-refractivity contribution is 9.10. The molecule has 0 bridgehead atoms. The van der Waals surface area contributed by atoms with Gasteiger partial charge in [0.15, 0.2) is 0 Å². The highest BCUT2D eigenvalue weighted by Crippen LogP contribution is 2.23. The minimum atomic E-state index is -4.07. The Kier molecular flexibility index (Phi) is 5.76. The standard InChI is InChI=1S/C11H12BrClF3N/c12-9-3-2-8(6-10(9)13)7-17-5-1-4-11(14,15)16/h2-3,6,17H,1,4-5,7H2. The molecule has 0 aliphatic heterocycles. The van der Waals surface area contributed by atoms with E-state index in [1.165, 1.54) is 0 Å². The van der Waals surface area contributed by atoms with E-state index in [9.17, 15) is 13.2 Å². The van der Waals surface area contributed by atoms with E-state index in [2.05, 4.69) is 21.2 Å². The molecule has 0 aromatic heterocycles. The van der Waals surface area contributed by atoms with Crippen LogP contribution in [0.15, 0.2) is 22.7 Å². The fraction of sp³-hybridized carbons (Fsp3) is 0.455. The van der Waals surface area contributed by atoms with Crippen molar-refractivity contribution in [2.45, 2.75) is 25.6 Å². The predicted octanol–water partition coefficient (Wildman–Crippen LogP) is 4.53. The molecule has 0 aliphatic rings. The monoisotopic (exact) mass is 329 g/mol. The van der Waals surface area contributed by atoms with Crippen molar-refractivity contribution in [1.82, 2.24) is 5.32 Å². The van der Waals surface area contributed by atoms with Gasteiger partial charge in [-0.1, -0.05) is 17.7 Å². The van der Waals surface area contributed by atoms with E-state index in [1.807, 2.05) is 12.1 Å². The number of nitrogens with one attached hydrogen (secondary N) is 1. The lowest BCUT2D eigenvalue weighted by atomic mass is 10.2. The summed E-state index contributed by atoms with van der Waals surface area (Å²) >= 11 is 9.16. The van der Waals surface area contributed by atoms with E-state index in [1.54, 1.807) is 6.07 Å². The topological polar surface area (TPSA) is 12.0 Å². The third-order valence-electron chi connectivity index (χ3n) is 2.13. The lowest BCUT2D eigenvalue weighted by Gasteiger charge is -2.08. The highest BCUT2D eigenvalue weighted by Gasteiger charge is 2.25. The smallest absolute Gasteiger partial charge is 0.313 e. The molecule has 96 valence electrons. The van der Waals surface area contributed by atoms with Crippen LogP contribution < -0.4 is 5.32 Å². The molecule has 1 nitrogen and oxygen atoms in total. The van der Waals surface area contributed by atoms with Crippen LogP contribution in [-0.4, -0.2) is 12.7 Å². The molecule has 6 heteroatoms. The van der Waals surface area contributed by atoms with Crippen LogP contribution >= 0.6 is 27.5 Å². The third kappa shape index (κ3) is 6.29. The first-order valence-electron chi connectivity index (χ1n) is 5.10. The maximum atomic E-state index is 11.9. The highest BCUT2D eigenvalue weighted by atomic mass is 79.9. The molecule has 1 N–H and O–H groups in total. The van der Waals surface area contributed by atoms with Gasteiger partial charge in [-0.05, 0) is 46.6 Å². The second-order valence-electron chi connectivity index (χ2n) is 3.64. The van der Waals surface area contributed by atoms with E-state index in [0.717, 1.165) is 10.0 Å². The van der Waals surface area contributed by atoms with Crippen molar-refractivity contribution in [3.63, 3.8) is 0 Å². The predicted molar refractivity (Wildman–Crippen MR) is 66.1 cm³/mol. The molecule has 0 unspecified atom stereocenters. The number of hydrogen-bond donors (Lipinski definition) is 1. The summed E-state index contributed by atoms with van der Waals surface area (Å²) in [4.78, 5) is 0. The van der Waals surface area contributed by atoms with E-state index < -0.39 is 12.6 Å². The van der Waals surface area contributed by atoms with Crippen LogP contribution in [0, 0.1) is 0 Å². The zero-order valence-corrected chi connectivity index (χ0v) is 11.3. The number of alkyl halides is 3. The van der Waals surface area contributed by atoms with Crippen LogP contribution in [0.3, 0.4) is 0 Å². The Morgan fingerprint density at radius 1 is 1.29 bits per heavy atom. The van der Waals surface area contributed by atoms with Crippen molar-refractivity contribution in [3.8, 4) is 0 Å². The summed E-state index contributed by atoms with van der Waals surface area (Å²) in [5.41, 5.74) is 0.949. The largest absolute Gasteiger partial charge is 0.389 e. The first kappa shape index (κ1) is 14.8. The number of benzene rings is 1. The second kappa shape index (κ2) is 6.61. The molecule has 0 amide bonds. The van der Waals surface area contributed by atoms with Gasteiger partial charge in [0.25, 0.3) is 0 Å². The average Bonchev–Trinajstić information content (AvgIpc) is 2.21. The second-order valence-corrected chi connectivity index (χ2v) is 4.91. The van der Waals surface area contributed by atoms with Crippen molar-refractivity contribution >= 4 is 27.5 Å². The summed E-state index contributed by atoms with van der Waals surface area (Å²) in [5.74, 6) is 0. The summed E-state index contributed by atoms with van der Waals surface area (Å²) in [5, 5.41) is 3.54. The Morgan fingerprint density at radius 2 is 2.00 bits per heavy atom. The van der Waals surface area contributed by atoms with Gasteiger partial charge >= 0.3 is 6.18 Å². The van der Waals surface area contributed by atoms with Crippen molar-refractivity contribution in [2.75, 3.05) is 6.54 Å². The molecule has 0 saturated heterocycles. The molecule has 17 heavy (non-hydrogen) atoms. The maximum Gasteiger partial charge on any atom is 0.389 e. The Labute approximate surface area is 111 Å². The van der Waals surface area contributed by atoms with Crippen molar-refractivity contribution in [2.24, 2.45) is 0 Å². The molecular weight excluding hydrogens is 318 g/mol. The first-order valence-corrected chi connectivity index (χ1v) is 6.27. The normalized spacial score (nSPS) is 11.8. The van der Waals surface area contributed by atoms with Crippen LogP contribution in [0.4, 0.5) is 13.2 Å². The van der Waals surface area contributed by atoms with Gasteiger partial charge in [0.2, 0.25) is 0 Å². The molecule has 0 aliphatic carbocycles. The van der Waals surface area contributed by atoms with E-state index in [0.29, 0.717) is 18.1 Å². The van der Waals surface area contributed by atoms with Gasteiger partial charge in [0.1, 0.15) is 0 Å². The SMILES string of the molecule is FC(F)(F)CCCNCc1ccc(Br)c(Cl)c1. The van der Waals surface area contributed by atoms with Crippen LogP contribution in [0.25, 0.3) is 0 Å². The average molecular weight is 331 g/mol. The van der Waals surface area contributed by atoms with E-state index in [-0.39, 0.29) is 6.42 Å². The molecule has 0 fully saturated rings. The van der Waals surface area contributed by atoms with Crippen LogP contribution in [-0.2, 0) is 6.54 Å². The van der Waals surface area contributed by atoms with Gasteiger partial charge < -0.3 is 5.32 Å². The van der Waals surface area contributed by atoms with Crippen LogP contribution in [0.1, 0.15) is 18.4 Å². The number of halogens is 5. The van der Waals surface area contributed by atoms with Gasteiger partial charge in [-0.25, -0.2) is 0 Å². The Balaban J connectivity index is 2.25. The van der Waals surface area contributed by atoms with E-state index >= 15 is 0 Å². The van der Waals surface area contributed by atoms with Gasteiger partial charge in [0, 0.05) is 17.4 Å². The maximum absolute atomic E-state index is 11.9. The van der Waals surface area contributed by atoms with Crippen molar-refractivity contribution in [1.29, 1.82) is 0 Å². The van der Waals surface area contributed by atoms with Crippen molar-refractivity contribution in [3.05, 3.63) is 33.3 Å². The first-order chi connectivity index (χ1) is 7.88. The number of hydrogen-bond acceptors (Lipinski definition) is 1. The molecule has 0 saturated carbocycles. The summed E-state index contributed by atoms with van der Waals surface area (Å²) in [6.45, 7) is 0.859. The molecule has 0 heterocycles. The van der Waals surface area contributed by atoms with Crippen molar-refractivity contribution < 1.29 is 13.2 Å². The Bertz CT molecular complexity index is 368. The lowest BCUT2D eigenvalue weighted by molar-refractivity contribution is -0.135.